The quantitative estimate of drug-likeness (QED) is 0.595. The summed E-state index contributed by atoms with van der Waals surface area (Å²) in [7, 11) is 0. The monoisotopic (exact) mass is 433 g/mol. The van der Waals surface area contributed by atoms with Gasteiger partial charge < -0.3 is 9.42 Å². The number of piperazine rings is 1. The summed E-state index contributed by atoms with van der Waals surface area (Å²) in [5.41, 5.74) is 1.51. The van der Waals surface area contributed by atoms with E-state index in [4.69, 9.17) is 27.7 Å². The third-order valence-electron chi connectivity index (χ3n) is 4.94. The van der Waals surface area contributed by atoms with Crippen molar-refractivity contribution in [3.05, 3.63) is 75.7 Å². The summed E-state index contributed by atoms with van der Waals surface area (Å²) in [5.74, 6) is 0.00539. The molecule has 0 radical (unpaired) electrons. The number of benzene rings is 2. The van der Waals surface area contributed by atoms with Crippen molar-refractivity contribution in [2.45, 2.75) is 6.54 Å². The Balaban J connectivity index is 1.39. The predicted molar refractivity (Wildman–Crippen MR) is 110 cm³/mol. The Bertz CT molecular complexity index is 1030. The van der Waals surface area contributed by atoms with Gasteiger partial charge in [-0.3, -0.25) is 9.69 Å². The molecular weight excluding hydrogens is 416 g/mol. The highest BCUT2D eigenvalue weighted by Crippen LogP contribution is 2.31. The molecule has 0 aliphatic carbocycles. The van der Waals surface area contributed by atoms with E-state index in [1.807, 2.05) is 6.07 Å². The fraction of sp³-hybridized carbons (Fsp3) is 0.238. The second-order valence-corrected chi connectivity index (χ2v) is 7.70. The molecule has 1 aliphatic rings. The van der Waals surface area contributed by atoms with E-state index < -0.39 is 0 Å². The average molecular weight is 434 g/mol. The minimum Gasteiger partial charge on any atom is -0.355 e. The highest BCUT2D eigenvalue weighted by Gasteiger charge is 2.25. The van der Waals surface area contributed by atoms with Crippen molar-refractivity contribution >= 4 is 29.1 Å². The number of aromatic nitrogens is 1. The van der Waals surface area contributed by atoms with E-state index in [1.165, 1.54) is 6.07 Å². The second kappa shape index (κ2) is 8.53. The first-order valence-corrected chi connectivity index (χ1v) is 9.94. The Kier molecular flexibility index (Phi) is 5.85. The topological polar surface area (TPSA) is 49.6 Å². The smallest absolute Gasteiger partial charge is 0.276 e. The molecule has 150 valence electrons. The molecule has 0 saturated carbocycles. The molecule has 1 amide bonds. The molecule has 2 aromatic carbocycles. The lowest BCUT2D eigenvalue weighted by Crippen LogP contribution is -2.48. The summed E-state index contributed by atoms with van der Waals surface area (Å²) in [6, 6.07) is 13.4. The maximum Gasteiger partial charge on any atom is 0.276 e. The number of hydrogen-bond donors (Lipinski definition) is 0. The van der Waals surface area contributed by atoms with Crippen LogP contribution in [0, 0.1) is 5.82 Å². The van der Waals surface area contributed by atoms with E-state index >= 15 is 0 Å². The molecule has 0 bridgehead atoms. The average Bonchev–Trinajstić information content (AvgIpc) is 3.19. The summed E-state index contributed by atoms with van der Waals surface area (Å²) in [6.45, 7) is 2.92. The highest BCUT2D eigenvalue weighted by molar-refractivity contribution is 6.36. The van der Waals surface area contributed by atoms with Crippen LogP contribution in [-0.2, 0) is 6.54 Å². The van der Waals surface area contributed by atoms with Crippen molar-refractivity contribution in [1.29, 1.82) is 0 Å². The Morgan fingerprint density at radius 3 is 2.55 bits per heavy atom. The van der Waals surface area contributed by atoms with Crippen LogP contribution in [0.1, 0.15) is 16.1 Å². The molecule has 1 aromatic heterocycles. The fourth-order valence-corrected chi connectivity index (χ4v) is 3.83. The van der Waals surface area contributed by atoms with Crippen LogP contribution in [0.5, 0.6) is 0 Å². The van der Waals surface area contributed by atoms with Crippen LogP contribution in [-0.4, -0.2) is 47.0 Å². The van der Waals surface area contributed by atoms with Crippen LogP contribution in [0.3, 0.4) is 0 Å². The third-order valence-corrected chi connectivity index (χ3v) is 5.48. The molecule has 4 rings (SSSR count). The number of carbonyl (C=O) groups is 1. The van der Waals surface area contributed by atoms with Crippen LogP contribution in [0.25, 0.3) is 11.3 Å². The number of nitrogens with zero attached hydrogens (tertiary/aromatic N) is 3. The highest BCUT2D eigenvalue weighted by atomic mass is 35.5. The second-order valence-electron chi connectivity index (χ2n) is 6.86. The van der Waals surface area contributed by atoms with Crippen molar-refractivity contribution < 1.29 is 13.7 Å². The summed E-state index contributed by atoms with van der Waals surface area (Å²) in [6.07, 6.45) is 0. The van der Waals surface area contributed by atoms with E-state index in [0.717, 1.165) is 0 Å². The fourth-order valence-electron chi connectivity index (χ4n) is 3.33. The molecule has 3 aromatic rings. The molecule has 0 atom stereocenters. The predicted octanol–water partition coefficient (Wildman–Crippen LogP) is 4.75. The Morgan fingerprint density at radius 1 is 1.07 bits per heavy atom. The van der Waals surface area contributed by atoms with Gasteiger partial charge in [-0.2, -0.15) is 0 Å². The van der Waals surface area contributed by atoms with E-state index in [-0.39, 0.29) is 17.4 Å². The van der Waals surface area contributed by atoms with Gasteiger partial charge in [0.25, 0.3) is 5.91 Å². The lowest BCUT2D eigenvalue weighted by molar-refractivity contribution is 0.0617. The lowest BCUT2D eigenvalue weighted by atomic mass is 10.1. The van der Waals surface area contributed by atoms with Crippen molar-refractivity contribution in [1.82, 2.24) is 15.0 Å². The number of amides is 1. The molecular formula is C21H18Cl2FN3O2. The zero-order valence-corrected chi connectivity index (χ0v) is 17.0. The zero-order chi connectivity index (χ0) is 20.4. The van der Waals surface area contributed by atoms with Gasteiger partial charge in [0, 0.05) is 54.9 Å². The van der Waals surface area contributed by atoms with Gasteiger partial charge in [0.15, 0.2) is 11.5 Å². The van der Waals surface area contributed by atoms with Gasteiger partial charge in [-0.25, -0.2) is 4.39 Å². The molecule has 5 nitrogen and oxygen atoms in total. The van der Waals surface area contributed by atoms with E-state index in [2.05, 4.69) is 10.1 Å². The number of halogens is 3. The first-order valence-electron chi connectivity index (χ1n) is 9.18. The molecule has 0 unspecified atom stereocenters. The van der Waals surface area contributed by atoms with E-state index in [0.29, 0.717) is 59.7 Å². The first-order chi connectivity index (χ1) is 14.0. The molecule has 0 spiro atoms. The molecule has 29 heavy (non-hydrogen) atoms. The maximum atomic E-state index is 13.8. The summed E-state index contributed by atoms with van der Waals surface area (Å²) < 4.78 is 19.2. The van der Waals surface area contributed by atoms with Gasteiger partial charge in [0.2, 0.25) is 0 Å². The van der Waals surface area contributed by atoms with Crippen LogP contribution in [0.2, 0.25) is 10.0 Å². The van der Waals surface area contributed by atoms with Crippen LogP contribution in [0.15, 0.2) is 53.1 Å². The Hall–Kier alpha value is -2.41. The maximum absolute atomic E-state index is 13.8. The van der Waals surface area contributed by atoms with Gasteiger partial charge >= 0.3 is 0 Å². The standard InChI is InChI=1S/C21H18Cl2FN3O2/c22-15-5-6-16(17(23)11-15)20-12-19(25-29-20)21(28)27-9-7-26(8-10-27)13-14-3-1-2-4-18(14)24/h1-6,11-12H,7-10,13H2. The van der Waals surface area contributed by atoms with Crippen molar-refractivity contribution in [3.63, 3.8) is 0 Å². The third kappa shape index (κ3) is 4.45. The normalized spacial score (nSPS) is 14.9. The molecule has 1 aliphatic heterocycles. The van der Waals surface area contributed by atoms with Gasteiger partial charge in [-0.05, 0) is 24.3 Å². The van der Waals surface area contributed by atoms with Crippen LogP contribution < -0.4 is 0 Å². The molecule has 1 fully saturated rings. The van der Waals surface area contributed by atoms with Crippen LogP contribution in [0.4, 0.5) is 4.39 Å². The minimum absolute atomic E-state index is 0.198. The Labute approximate surface area is 177 Å². The number of carbonyl (C=O) groups excluding carboxylic acids is 1. The lowest BCUT2D eigenvalue weighted by Gasteiger charge is -2.34. The summed E-state index contributed by atoms with van der Waals surface area (Å²) >= 11 is 12.1. The summed E-state index contributed by atoms with van der Waals surface area (Å²) in [5, 5.41) is 4.85. The van der Waals surface area contributed by atoms with Crippen molar-refractivity contribution in [2.24, 2.45) is 0 Å². The van der Waals surface area contributed by atoms with E-state index in [9.17, 15) is 9.18 Å². The minimum atomic E-state index is -0.206. The van der Waals surface area contributed by atoms with Gasteiger partial charge in [-0.15, -0.1) is 0 Å². The zero-order valence-electron chi connectivity index (χ0n) is 15.4. The van der Waals surface area contributed by atoms with Gasteiger partial charge in [0.05, 0.1) is 5.02 Å². The first kappa shape index (κ1) is 19.9. The SMILES string of the molecule is O=C(c1cc(-c2ccc(Cl)cc2Cl)on1)N1CCN(Cc2ccccc2F)CC1. The van der Waals surface area contributed by atoms with Crippen LogP contribution >= 0.6 is 23.2 Å². The van der Waals surface area contributed by atoms with Crippen molar-refractivity contribution in [2.75, 3.05) is 26.2 Å². The van der Waals surface area contributed by atoms with Gasteiger partial charge in [-0.1, -0.05) is 46.6 Å². The van der Waals surface area contributed by atoms with Gasteiger partial charge in [0.1, 0.15) is 5.82 Å². The molecule has 1 saturated heterocycles. The number of hydrogen-bond acceptors (Lipinski definition) is 4. The number of rotatable bonds is 4. The Morgan fingerprint density at radius 2 is 1.83 bits per heavy atom. The summed E-state index contributed by atoms with van der Waals surface area (Å²) in [4.78, 5) is 16.6. The van der Waals surface area contributed by atoms with Crippen molar-refractivity contribution in [3.8, 4) is 11.3 Å². The van der Waals surface area contributed by atoms with E-state index in [1.54, 1.807) is 41.3 Å². The molecule has 2 heterocycles. The largest absolute Gasteiger partial charge is 0.355 e. The molecule has 8 heteroatoms. The molecule has 0 N–H and O–H groups in total.